The maximum absolute atomic E-state index is 13.2. The number of sulfone groups is 1. The molecule has 0 aromatic heterocycles. The lowest BCUT2D eigenvalue weighted by Gasteiger charge is -2.18. The zero-order valence-corrected chi connectivity index (χ0v) is 18.4. The fourth-order valence-electron chi connectivity index (χ4n) is 3.21. The van der Waals surface area contributed by atoms with Gasteiger partial charge in [0.25, 0.3) is 0 Å². The number of nitrogens with one attached hydrogen (secondary N) is 1. The quantitative estimate of drug-likeness (QED) is 0.653. The van der Waals surface area contributed by atoms with E-state index in [4.69, 9.17) is 0 Å². The van der Waals surface area contributed by atoms with Crippen molar-refractivity contribution in [3.8, 4) is 0 Å². The highest BCUT2D eigenvalue weighted by atomic mass is 79.9. The first kappa shape index (κ1) is 22.4. The molecule has 160 valence electrons. The van der Waals surface area contributed by atoms with Crippen LogP contribution in [0.2, 0.25) is 0 Å². The largest absolute Gasteiger partial charge is 0.326 e. The molecule has 1 heterocycles. The first-order valence-electron chi connectivity index (χ1n) is 9.23. The second-order valence-electron chi connectivity index (χ2n) is 6.81. The number of benzene rings is 2. The lowest BCUT2D eigenvalue weighted by molar-refractivity contribution is -0.118. The Bertz CT molecular complexity index is 1120. The Hall–Kier alpha value is -2.33. The van der Waals surface area contributed by atoms with Gasteiger partial charge in [-0.15, -0.1) is 0 Å². The van der Waals surface area contributed by atoms with Crippen LogP contribution in [-0.2, 0) is 25.8 Å². The molecule has 2 amide bonds. The van der Waals surface area contributed by atoms with Crippen LogP contribution in [0.15, 0.2) is 39.7 Å². The van der Waals surface area contributed by atoms with E-state index in [2.05, 4.69) is 21.2 Å². The third-order valence-electron chi connectivity index (χ3n) is 4.77. The molecule has 30 heavy (non-hydrogen) atoms. The van der Waals surface area contributed by atoms with E-state index in [1.165, 1.54) is 12.1 Å². The maximum atomic E-state index is 13.2. The molecule has 0 fully saturated rings. The second kappa shape index (κ2) is 8.81. The van der Waals surface area contributed by atoms with Crippen molar-refractivity contribution in [1.82, 2.24) is 0 Å². The Morgan fingerprint density at radius 1 is 1.17 bits per heavy atom. The van der Waals surface area contributed by atoms with E-state index >= 15 is 0 Å². The summed E-state index contributed by atoms with van der Waals surface area (Å²) in [6.45, 7) is 2.23. The fraction of sp³-hybridized carbons (Fsp3) is 0.300. The summed E-state index contributed by atoms with van der Waals surface area (Å²) in [6.07, 6.45) is 0.570. The van der Waals surface area contributed by atoms with E-state index in [9.17, 15) is 26.8 Å². The molecule has 0 radical (unpaired) electrons. The van der Waals surface area contributed by atoms with Gasteiger partial charge < -0.3 is 10.2 Å². The summed E-state index contributed by atoms with van der Waals surface area (Å²) >= 11 is 3.27. The molecular formula is C20H19BrF2N2O4S. The number of carbonyl (C=O) groups is 2. The molecule has 2 aromatic carbocycles. The lowest BCUT2D eigenvalue weighted by atomic mass is 10.2. The summed E-state index contributed by atoms with van der Waals surface area (Å²) in [6, 6.07) is 6.02. The Morgan fingerprint density at radius 2 is 1.90 bits per heavy atom. The van der Waals surface area contributed by atoms with Gasteiger partial charge in [-0.05, 0) is 52.2 Å². The first-order valence-corrected chi connectivity index (χ1v) is 11.7. The van der Waals surface area contributed by atoms with Crippen LogP contribution in [0.1, 0.15) is 25.3 Å². The molecule has 0 bridgehead atoms. The molecule has 0 unspecified atom stereocenters. The van der Waals surface area contributed by atoms with Gasteiger partial charge >= 0.3 is 0 Å². The van der Waals surface area contributed by atoms with Gasteiger partial charge in [-0.2, -0.15) is 0 Å². The third-order valence-corrected chi connectivity index (χ3v) is 7.44. The summed E-state index contributed by atoms with van der Waals surface area (Å²) in [5.41, 5.74) is 1.47. The molecule has 3 rings (SSSR count). The molecule has 1 aliphatic heterocycles. The van der Waals surface area contributed by atoms with Crippen molar-refractivity contribution in [2.45, 2.75) is 31.1 Å². The van der Waals surface area contributed by atoms with Gasteiger partial charge in [0.15, 0.2) is 21.5 Å². The average molecular weight is 501 g/mol. The van der Waals surface area contributed by atoms with E-state index in [0.29, 0.717) is 29.5 Å². The molecule has 0 saturated carbocycles. The number of hydrogen-bond acceptors (Lipinski definition) is 4. The van der Waals surface area contributed by atoms with E-state index in [1.807, 2.05) is 0 Å². The second-order valence-corrected chi connectivity index (χ2v) is 9.74. The van der Waals surface area contributed by atoms with Crippen LogP contribution in [-0.4, -0.2) is 32.5 Å². The van der Waals surface area contributed by atoms with Gasteiger partial charge in [-0.25, -0.2) is 17.2 Å². The molecule has 10 heteroatoms. The number of rotatable bonds is 6. The number of anilines is 2. The molecule has 2 aromatic rings. The van der Waals surface area contributed by atoms with Crippen LogP contribution >= 0.6 is 15.9 Å². The highest BCUT2D eigenvalue weighted by molar-refractivity contribution is 9.10. The van der Waals surface area contributed by atoms with Gasteiger partial charge in [0.05, 0.1) is 10.6 Å². The Morgan fingerprint density at radius 3 is 2.57 bits per heavy atom. The first-order chi connectivity index (χ1) is 14.1. The van der Waals surface area contributed by atoms with Crippen molar-refractivity contribution in [1.29, 1.82) is 0 Å². The standard InChI is InChI=1S/C20H19BrF2N2O4S/c1-2-20(27)25-7-5-12-9-14(21)18(11-17(12)25)30(28,29)8-6-19(26)24-13-3-4-15(22)16(23)10-13/h3-4,9-11H,2,5-8H2,1H3,(H,24,26). The minimum atomic E-state index is -3.85. The number of nitrogens with zero attached hydrogens (tertiary/aromatic N) is 1. The van der Waals surface area contributed by atoms with Crippen molar-refractivity contribution in [3.63, 3.8) is 0 Å². The van der Waals surface area contributed by atoms with Crippen LogP contribution in [0.25, 0.3) is 0 Å². The number of fused-ring (bicyclic) bond motifs is 1. The number of hydrogen-bond donors (Lipinski definition) is 1. The van der Waals surface area contributed by atoms with Gasteiger partial charge in [0.1, 0.15) is 0 Å². The van der Waals surface area contributed by atoms with Crippen LogP contribution in [0, 0.1) is 11.6 Å². The molecule has 0 saturated heterocycles. The van der Waals surface area contributed by atoms with Crippen molar-refractivity contribution in [3.05, 3.63) is 52.0 Å². The molecule has 0 aliphatic carbocycles. The fourth-order valence-corrected chi connectivity index (χ4v) is 5.66. The Kier molecular flexibility index (Phi) is 6.56. The number of carbonyl (C=O) groups excluding carboxylic acids is 2. The molecule has 1 aliphatic rings. The normalized spacial score (nSPS) is 13.3. The molecule has 6 nitrogen and oxygen atoms in total. The van der Waals surface area contributed by atoms with Crippen LogP contribution < -0.4 is 10.2 Å². The van der Waals surface area contributed by atoms with Crippen molar-refractivity contribution in [2.24, 2.45) is 0 Å². The van der Waals surface area contributed by atoms with E-state index in [0.717, 1.165) is 17.7 Å². The van der Waals surface area contributed by atoms with Gasteiger partial charge in [0.2, 0.25) is 11.8 Å². The van der Waals surface area contributed by atoms with Crippen molar-refractivity contribution in [2.75, 3.05) is 22.5 Å². The smallest absolute Gasteiger partial charge is 0.226 e. The molecule has 0 atom stereocenters. The van der Waals surface area contributed by atoms with Gasteiger partial charge in [-0.3, -0.25) is 9.59 Å². The van der Waals surface area contributed by atoms with Gasteiger partial charge in [0, 0.05) is 41.3 Å². The SMILES string of the molecule is CCC(=O)N1CCc2cc(Br)c(S(=O)(=O)CCC(=O)Nc3ccc(F)c(F)c3)cc21. The lowest BCUT2D eigenvalue weighted by Crippen LogP contribution is -2.28. The summed E-state index contributed by atoms with van der Waals surface area (Å²) in [5.74, 6) is -3.39. The molecule has 0 spiro atoms. The minimum absolute atomic E-state index is 0.00215. The zero-order valence-electron chi connectivity index (χ0n) is 16.0. The highest BCUT2D eigenvalue weighted by Gasteiger charge is 2.28. The van der Waals surface area contributed by atoms with Crippen LogP contribution in [0.5, 0.6) is 0 Å². The summed E-state index contributed by atoms with van der Waals surface area (Å²) < 4.78 is 52.2. The Balaban J connectivity index is 1.75. The average Bonchev–Trinajstić information content (AvgIpc) is 3.10. The summed E-state index contributed by atoms with van der Waals surface area (Å²) in [4.78, 5) is 25.8. The molecule has 1 N–H and O–H groups in total. The predicted molar refractivity (Wildman–Crippen MR) is 112 cm³/mol. The monoisotopic (exact) mass is 500 g/mol. The van der Waals surface area contributed by atoms with Crippen LogP contribution in [0.4, 0.5) is 20.2 Å². The topological polar surface area (TPSA) is 83.6 Å². The van der Waals surface area contributed by atoms with E-state index in [-0.39, 0.29) is 22.9 Å². The summed E-state index contributed by atoms with van der Waals surface area (Å²) in [7, 11) is -3.85. The maximum Gasteiger partial charge on any atom is 0.226 e. The third kappa shape index (κ3) is 4.70. The predicted octanol–water partition coefficient (Wildman–Crippen LogP) is 3.83. The zero-order chi connectivity index (χ0) is 22.1. The van der Waals surface area contributed by atoms with Crippen molar-refractivity contribution < 1.29 is 26.8 Å². The summed E-state index contributed by atoms with van der Waals surface area (Å²) in [5, 5.41) is 2.35. The van der Waals surface area contributed by atoms with E-state index < -0.39 is 33.1 Å². The highest BCUT2D eigenvalue weighted by Crippen LogP contribution is 2.36. The number of amides is 2. The Labute approximate surface area is 181 Å². The van der Waals surface area contributed by atoms with Gasteiger partial charge in [-0.1, -0.05) is 6.92 Å². The van der Waals surface area contributed by atoms with Crippen LogP contribution in [0.3, 0.4) is 0 Å². The number of halogens is 3. The van der Waals surface area contributed by atoms with Crippen molar-refractivity contribution >= 4 is 49.0 Å². The van der Waals surface area contributed by atoms with E-state index in [1.54, 1.807) is 17.9 Å². The minimum Gasteiger partial charge on any atom is -0.326 e. The molecular weight excluding hydrogens is 482 g/mol.